The average molecular weight is 169 g/mol. The first kappa shape index (κ1) is 10.0. The zero-order valence-corrected chi connectivity index (χ0v) is 8.60. The summed E-state index contributed by atoms with van der Waals surface area (Å²) in [7, 11) is 2.12. The lowest BCUT2D eigenvalue weighted by molar-refractivity contribution is 0.266. The van der Waals surface area contributed by atoms with Crippen molar-refractivity contribution in [1.82, 2.24) is 5.32 Å². The molecule has 0 saturated heterocycles. The monoisotopic (exact) mass is 169 g/mol. The van der Waals surface area contributed by atoms with Gasteiger partial charge in [-0.25, -0.2) is 0 Å². The van der Waals surface area contributed by atoms with Crippen LogP contribution in [-0.2, 0) is 0 Å². The summed E-state index contributed by atoms with van der Waals surface area (Å²) in [4.78, 5) is 0. The molecular weight excluding hydrogens is 146 g/mol. The molecule has 0 bridgehead atoms. The molecule has 0 heterocycles. The van der Waals surface area contributed by atoms with Gasteiger partial charge in [-0.1, -0.05) is 32.6 Å². The van der Waals surface area contributed by atoms with Crippen LogP contribution in [0.4, 0.5) is 0 Å². The van der Waals surface area contributed by atoms with Crippen molar-refractivity contribution in [3.63, 3.8) is 0 Å². The second-order valence-corrected chi connectivity index (χ2v) is 4.08. The molecule has 0 spiro atoms. The predicted molar refractivity (Wildman–Crippen MR) is 54.3 cm³/mol. The van der Waals surface area contributed by atoms with E-state index in [4.69, 9.17) is 0 Å². The fourth-order valence-electron chi connectivity index (χ4n) is 2.46. The molecule has 1 N–H and O–H groups in total. The largest absolute Gasteiger partial charge is 0.317 e. The summed E-state index contributed by atoms with van der Waals surface area (Å²) < 4.78 is 0. The SMILES string of the molecule is CCCC(NC)C1CCCCC1. The van der Waals surface area contributed by atoms with Crippen molar-refractivity contribution in [1.29, 1.82) is 0 Å². The third kappa shape index (κ3) is 2.78. The Morgan fingerprint density at radius 3 is 2.42 bits per heavy atom. The van der Waals surface area contributed by atoms with Crippen molar-refractivity contribution in [3.8, 4) is 0 Å². The van der Waals surface area contributed by atoms with Crippen LogP contribution in [0.15, 0.2) is 0 Å². The van der Waals surface area contributed by atoms with Gasteiger partial charge >= 0.3 is 0 Å². The van der Waals surface area contributed by atoms with Crippen LogP contribution in [0.2, 0.25) is 0 Å². The number of nitrogens with one attached hydrogen (secondary N) is 1. The van der Waals surface area contributed by atoms with E-state index in [9.17, 15) is 0 Å². The van der Waals surface area contributed by atoms with Crippen LogP contribution in [0.1, 0.15) is 51.9 Å². The van der Waals surface area contributed by atoms with E-state index in [1.54, 1.807) is 0 Å². The van der Waals surface area contributed by atoms with Crippen molar-refractivity contribution in [3.05, 3.63) is 0 Å². The molecule has 1 rings (SSSR count). The maximum Gasteiger partial charge on any atom is 0.00922 e. The fourth-order valence-corrected chi connectivity index (χ4v) is 2.46. The molecule has 1 aliphatic rings. The highest BCUT2D eigenvalue weighted by atomic mass is 14.9. The first-order valence-electron chi connectivity index (χ1n) is 5.55. The molecule has 0 aromatic rings. The molecule has 0 aromatic carbocycles. The Bertz CT molecular complexity index is 103. The van der Waals surface area contributed by atoms with Crippen molar-refractivity contribution in [2.45, 2.75) is 57.9 Å². The molecule has 1 nitrogen and oxygen atoms in total. The summed E-state index contributed by atoms with van der Waals surface area (Å²) in [6.45, 7) is 2.28. The van der Waals surface area contributed by atoms with E-state index in [0.717, 1.165) is 12.0 Å². The Morgan fingerprint density at radius 1 is 1.25 bits per heavy atom. The van der Waals surface area contributed by atoms with Gasteiger partial charge in [-0.3, -0.25) is 0 Å². The highest BCUT2D eigenvalue weighted by Crippen LogP contribution is 2.27. The van der Waals surface area contributed by atoms with Crippen molar-refractivity contribution in [2.75, 3.05) is 7.05 Å². The van der Waals surface area contributed by atoms with Crippen LogP contribution in [0.5, 0.6) is 0 Å². The minimum absolute atomic E-state index is 0.801. The zero-order chi connectivity index (χ0) is 8.81. The lowest BCUT2D eigenvalue weighted by Crippen LogP contribution is -2.34. The minimum atomic E-state index is 0.801. The summed E-state index contributed by atoms with van der Waals surface area (Å²) in [5.74, 6) is 0.976. The van der Waals surface area contributed by atoms with E-state index >= 15 is 0 Å². The van der Waals surface area contributed by atoms with Crippen molar-refractivity contribution < 1.29 is 0 Å². The molecule has 0 radical (unpaired) electrons. The average Bonchev–Trinajstić information content (AvgIpc) is 2.15. The molecule has 1 unspecified atom stereocenters. The van der Waals surface area contributed by atoms with Crippen molar-refractivity contribution in [2.24, 2.45) is 5.92 Å². The van der Waals surface area contributed by atoms with Crippen LogP contribution < -0.4 is 5.32 Å². The second-order valence-electron chi connectivity index (χ2n) is 4.08. The highest BCUT2D eigenvalue weighted by molar-refractivity contribution is 4.77. The van der Waals surface area contributed by atoms with E-state index in [0.29, 0.717) is 0 Å². The molecule has 0 aliphatic heterocycles. The van der Waals surface area contributed by atoms with Gasteiger partial charge in [0.2, 0.25) is 0 Å². The topological polar surface area (TPSA) is 12.0 Å². The molecule has 1 saturated carbocycles. The van der Waals surface area contributed by atoms with Crippen molar-refractivity contribution >= 4 is 0 Å². The van der Waals surface area contributed by atoms with Crippen LogP contribution in [0.25, 0.3) is 0 Å². The summed E-state index contributed by atoms with van der Waals surface area (Å²) in [6.07, 6.45) is 10.0. The molecule has 1 aliphatic carbocycles. The number of hydrogen-bond acceptors (Lipinski definition) is 1. The molecule has 1 fully saturated rings. The smallest absolute Gasteiger partial charge is 0.00922 e. The number of hydrogen-bond donors (Lipinski definition) is 1. The molecule has 72 valence electrons. The third-order valence-corrected chi connectivity index (χ3v) is 3.19. The maximum absolute atomic E-state index is 3.47. The van der Waals surface area contributed by atoms with E-state index in [2.05, 4.69) is 19.3 Å². The Hall–Kier alpha value is -0.0400. The second kappa shape index (κ2) is 5.58. The van der Waals surface area contributed by atoms with Gasteiger partial charge < -0.3 is 5.32 Å². The molecular formula is C11H23N. The maximum atomic E-state index is 3.47. The van der Waals surface area contributed by atoms with Gasteiger partial charge in [0.1, 0.15) is 0 Å². The summed E-state index contributed by atoms with van der Waals surface area (Å²) >= 11 is 0. The quantitative estimate of drug-likeness (QED) is 0.682. The summed E-state index contributed by atoms with van der Waals surface area (Å²) in [5.41, 5.74) is 0. The Kier molecular flexibility index (Phi) is 4.67. The van der Waals surface area contributed by atoms with Gasteiger partial charge in [0.25, 0.3) is 0 Å². The number of rotatable bonds is 4. The molecule has 0 amide bonds. The molecule has 0 aromatic heterocycles. The first-order chi connectivity index (χ1) is 5.88. The van der Waals surface area contributed by atoms with Crippen LogP contribution in [-0.4, -0.2) is 13.1 Å². The van der Waals surface area contributed by atoms with Gasteiger partial charge in [-0.15, -0.1) is 0 Å². The predicted octanol–water partition coefficient (Wildman–Crippen LogP) is 2.95. The van der Waals surface area contributed by atoms with Crippen LogP contribution >= 0.6 is 0 Å². The Morgan fingerprint density at radius 2 is 1.92 bits per heavy atom. The zero-order valence-electron chi connectivity index (χ0n) is 8.60. The van der Waals surface area contributed by atoms with Gasteiger partial charge in [-0.05, 0) is 32.2 Å². The summed E-state index contributed by atoms with van der Waals surface area (Å²) in [6, 6.07) is 0.801. The molecule has 12 heavy (non-hydrogen) atoms. The minimum Gasteiger partial charge on any atom is -0.317 e. The van der Waals surface area contributed by atoms with E-state index < -0.39 is 0 Å². The van der Waals surface area contributed by atoms with Gasteiger partial charge in [0.15, 0.2) is 0 Å². The molecule has 1 atom stereocenters. The fraction of sp³-hybridized carbons (Fsp3) is 1.00. The van der Waals surface area contributed by atoms with Gasteiger partial charge in [0.05, 0.1) is 0 Å². The van der Waals surface area contributed by atoms with E-state index in [-0.39, 0.29) is 0 Å². The third-order valence-electron chi connectivity index (χ3n) is 3.19. The van der Waals surface area contributed by atoms with Crippen LogP contribution in [0, 0.1) is 5.92 Å². The molecule has 1 heteroatoms. The van der Waals surface area contributed by atoms with E-state index in [1.165, 1.54) is 44.9 Å². The Labute approximate surface area is 76.9 Å². The lowest BCUT2D eigenvalue weighted by atomic mass is 9.82. The standard InChI is InChI=1S/C11H23N/c1-3-7-11(12-2)10-8-5-4-6-9-10/h10-12H,3-9H2,1-2H3. The normalized spacial score (nSPS) is 22.5. The lowest BCUT2D eigenvalue weighted by Gasteiger charge is -2.29. The highest BCUT2D eigenvalue weighted by Gasteiger charge is 2.20. The van der Waals surface area contributed by atoms with Crippen LogP contribution in [0.3, 0.4) is 0 Å². The van der Waals surface area contributed by atoms with E-state index in [1.807, 2.05) is 0 Å². The van der Waals surface area contributed by atoms with Gasteiger partial charge in [0, 0.05) is 6.04 Å². The summed E-state index contributed by atoms with van der Waals surface area (Å²) in [5, 5.41) is 3.47. The Balaban J connectivity index is 2.29. The first-order valence-corrected chi connectivity index (χ1v) is 5.55. The van der Waals surface area contributed by atoms with Gasteiger partial charge in [-0.2, -0.15) is 0 Å².